The zero-order chi connectivity index (χ0) is 17.2. The Bertz CT molecular complexity index is 902. The van der Waals surface area contributed by atoms with Crippen molar-refractivity contribution in [3.05, 3.63) is 35.7 Å². The molecule has 6 heteroatoms. The maximum absolute atomic E-state index is 12.5. The lowest BCUT2D eigenvalue weighted by Gasteiger charge is -2.59. The highest BCUT2D eigenvalue weighted by Gasteiger charge is 2.58. The fourth-order valence-electron chi connectivity index (χ4n) is 4.98. The fourth-order valence-corrected chi connectivity index (χ4v) is 4.98. The van der Waals surface area contributed by atoms with Gasteiger partial charge in [0, 0.05) is 30.9 Å². The van der Waals surface area contributed by atoms with Gasteiger partial charge in [0.2, 0.25) is 0 Å². The summed E-state index contributed by atoms with van der Waals surface area (Å²) in [6.45, 7) is 0.0311. The number of nitrogens with zero attached hydrogens (tertiary/aromatic N) is 1. The van der Waals surface area contributed by atoms with Gasteiger partial charge in [0.05, 0.1) is 16.9 Å². The van der Waals surface area contributed by atoms with Crippen LogP contribution in [0.3, 0.4) is 0 Å². The van der Waals surface area contributed by atoms with Crippen molar-refractivity contribution in [2.45, 2.75) is 30.9 Å². The molecule has 6 nitrogen and oxygen atoms in total. The van der Waals surface area contributed by atoms with Gasteiger partial charge in [0.25, 0.3) is 0 Å². The molecular formula is C19H21N3O3. The summed E-state index contributed by atoms with van der Waals surface area (Å²) in [6.07, 6.45) is 8.48. The SMILES string of the molecule is COCC(=O)c1cnc2[nH]ccc2c1N[C@@H]1C=C2C3C[C@@H]1C[C@]2(O)C3. The summed E-state index contributed by atoms with van der Waals surface area (Å²) in [6, 6.07) is 2.08. The minimum absolute atomic E-state index is 0.0311. The molecule has 0 saturated heterocycles. The van der Waals surface area contributed by atoms with Crippen LogP contribution in [0.15, 0.2) is 30.1 Å². The van der Waals surface area contributed by atoms with Gasteiger partial charge in [-0.2, -0.15) is 0 Å². The molecule has 3 saturated carbocycles. The quantitative estimate of drug-likeness (QED) is 0.575. The molecule has 7 rings (SSSR count). The number of hydrogen-bond acceptors (Lipinski definition) is 5. The van der Waals surface area contributed by atoms with Gasteiger partial charge in [0.15, 0.2) is 5.78 Å². The lowest BCUT2D eigenvalue weighted by molar-refractivity contribution is -0.0776. The number of carbonyl (C=O) groups excluding carboxylic acids is 1. The molecule has 3 fully saturated rings. The van der Waals surface area contributed by atoms with Crippen LogP contribution in [0.4, 0.5) is 5.69 Å². The second-order valence-corrected chi connectivity index (χ2v) is 7.57. The first kappa shape index (κ1) is 15.1. The molecule has 4 bridgehead atoms. The normalized spacial score (nSPS) is 32.4. The van der Waals surface area contributed by atoms with Crippen LogP contribution >= 0.6 is 0 Å². The number of Topliss-reactive ketones (excluding diaryl/α,β-unsaturated/α-hetero) is 1. The molecular weight excluding hydrogens is 318 g/mol. The molecule has 0 aliphatic heterocycles. The second kappa shape index (κ2) is 5.16. The third-order valence-corrected chi connectivity index (χ3v) is 6.09. The Morgan fingerprint density at radius 1 is 1.52 bits per heavy atom. The molecule has 1 unspecified atom stereocenters. The largest absolute Gasteiger partial charge is 0.385 e. The number of fused-ring (bicyclic) bond motifs is 2. The average molecular weight is 339 g/mol. The van der Waals surface area contributed by atoms with Gasteiger partial charge in [-0.1, -0.05) is 6.08 Å². The van der Waals surface area contributed by atoms with Crippen molar-refractivity contribution in [3.8, 4) is 0 Å². The number of carbonyl (C=O) groups is 1. The number of aliphatic hydroxyl groups is 1. The van der Waals surface area contributed by atoms with Crippen molar-refractivity contribution in [2.75, 3.05) is 19.0 Å². The number of anilines is 1. The Hall–Kier alpha value is -2.18. The smallest absolute Gasteiger partial charge is 0.192 e. The molecule has 5 aliphatic carbocycles. The maximum Gasteiger partial charge on any atom is 0.192 e. The third-order valence-electron chi connectivity index (χ3n) is 6.09. The number of aromatic amines is 1. The van der Waals surface area contributed by atoms with E-state index in [1.807, 2.05) is 12.3 Å². The van der Waals surface area contributed by atoms with E-state index in [2.05, 4.69) is 21.4 Å². The Kier molecular flexibility index (Phi) is 3.12. The molecule has 5 aliphatic rings. The van der Waals surface area contributed by atoms with Gasteiger partial charge in [-0.3, -0.25) is 4.79 Å². The molecule has 3 N–H and O–H groups in total. The van der Waals surface area contributed by atoms with Gasteiger partial charge >= 0.3 is 0 Å². The zero-order valence-corrected chi connectivity index (χ0v) is 14.1. The van der Waals surface area contributed by atoms with Crippen LogP contribution < -0.4 is 5.32 Å². The lowest BCUT2D eigenvalue weighted by Crippen LogP contribution is -2.59. The van der Waals surface area contributed by atoms with Gasteiger partial charge in [-0.25, -0.2) is 4.98 Å². The summed E-state index contributed by atoms with van der Waals surface area (Å²) >= 11 is 0. The number of pyridine rings is 1. The van der Waals surface area contributed by atoms with E-state index in [-0.39, 0.29) is 18.4 Å². The highest BCUT2D eigenvalue weighted by molar-refractivity contribution is 6.08. The van der Waals surface area contributed by atoms with Crippen LogP contribution in [0.5, 0.6) is 0 Å². The first-order valence-electron chi connectivity index (χ1n) is 8.78. The molecule has 0 spiro atoms. The van der Waals surface area contributed by atoms with E-state index >= 15 is 0 Å². The fraction of sp³-hybridized carbons (Fsp3) is 0.474. The minimum atomic E-state index is -0.553. The monoisotopic (exact) mass is 339 g/mol. The number of nitrogens with one attached hydrogen (secondary N) is 2. The average Bonchev–Trinajstić information content (AvgIpc) is 3.06. The molecule has 2 aromatic rings. The Labute approximate surface area is 145 Å². The van der Waals surface area contributed by atoms with Crippen molar-refractivity contribution in [1.82, 2.24) is 9.97 Å². The molecule has 4 atom stereocenters. The number of hydrogen-bond donors (Lipinski definition) is 3. The van der Waals surface area contributed by atoms with Gasteiger partial charge < -0.3 is 20.1 Å². The molecule has 130 valence electrons. The Morgan fingerprint density at radius 2 is 2.40 bits per heavy atom. The topological polar surface area (TPSA) is 87.2 Å². The predicted octanol–water partition coefficient (Wildman–Crippen LogP) is 2.27. The summed E-state index contributed by atoms with van der Waals surface area (Å²) in [7, 11) is 1.52. The molecule has 2 aromatic heterocycles. The van der Waals surface area contributed by atoms with Crippen molar-refractivity contribution in [1.29, 1.82) is 0 Å². The number of aromatic nitrogens is 2. The van der Waals surface area contributed by atoms with Crippen LogP contribution in [0.2, 0.25) is 0 Å². The van der Waals surface area contributed by atoms with Crippen LogP contribution in [0, 0.1) is 11.8 Å². The van der Waals surface area contributed by atoms with E-state index in [0.29, 0.717) is 17.4 Å². The van der Waals surface area contributed by atoms with Crippen molar-refractivity contribution in [2.24, 2.45) is 11.8 Å². The number of ketones is 1. The Balaban J connectivity index is 1.54. The van der Waals surface area contributed by atoms with Crippen LogP contribution in [-0.4, -0.2) is 46.2 Å². The highest BCUT2D eigenvalue weighted by Crippen LogP contribution is 2.59. The molecule has 25 heavy (non-hydrogen) atoms. The number of ether oxygens (including phenoxy) is 1. The first-order chi connectivity index (χ1) is 12.1. The summed E-state index contributed by atoms with van der Waals surface area (Å²) in [5, 5.41) is 15.1. The van der Waals surface area contributed by atoms with E-state index in [9.17, 15) is 9.90 Å². The molecule has 0 amide bonds. The summed E-state index contributed by atoms with van der Waals surface area (Å²) < 4.78 is 5.02. The minimum Gasteiger partial charge on any atom is -0.385 e. The third kappa shape index (κ3) is 2.10. The van der Waals surface area contributed by atoms with E-state index in [1.165, 1.54) is 12.7 Å². The van der Waals surface area contributed by atoms with Crippen molar-refractivity contribution < 1.29 is 14.6 Å². The highest BCUT2D eigenvalue weighted by atomic mass is 16.5. The van der Waals surface area contributed by atoms with Crippen LogP contribution in [0.1, 0.15) is 29.6 Å². The molecule has 0 radical (unpaired) electrons. The van der Waals surface area contributed by atoms with E-state index < -0.39 is 5.60 Å². The lowest BCUT2D eigenvalue weighted by atomic mass is 9.50. The van der Waals surface area contributed by atoms with Gasteiger partial charge in [-0.05, 0) is 42.7 Å². The van der Waals surface area contributed by atoms with E-state index in [0.717, 1.165) is 36.0 Å². The van der Waals surface area contributed by atoms with Crippen molar-refractivity contribution >= 4 is 22.5 Å². The maximum atomic E-state index is 12.5. The number of H-pyrrole nitrogens is 1. The zero-order valence-electron chi connectivity index (χ0n) is 14.1. The second-order valence-electron chi connectivity index (χ2n) is 7.57. The summed E-state index contributed by atoms with van der Waals surface area (Å²) in [5.41, 5.74) is 2.76. The first-order valence-corrected chi connectivity index (χ1v) is 8.78. The number of rotatable bonds is 5. The van der Waals surface area contributed by atoms with Crippen LogP contribution in [-0.2, 0) is 4.74 Å². The standard InChI is InChI=1S/C19H21N3O3/c1-25-9-16(23)13-8-21-18-12(2-3-20-18)17(13)22-15-5-14-10-4-11(15)7-19(14,24)6-10/h2-3,5,8,10-11,15,24H,4,6-7,9H2,1H3,(H2,20,21,22)/t10?,11-,15-,19-/m1/s1. The van der Waals surface area contributed by atoms with Gasteiger partial charge in [0.1, 0.15) is 12.3 Å². The predicted molar refractivity (Wildman–Crippen MR) is 93.6 cm³/mol. The van der Waals surface area contributed by atoms with Crippen LogP contribution in [0.25, 0.3) is 11.0 Å². The Morgan fingerprint density at radius 3 is 3.12 bits per heavy atom. The number of methoxy groups -OCH3 is 1. The summed E-state index contributed by atoms with van der Waals surface area (Å²) in [4.78, 5) is 19.9. The molecule has 0 aromatic carbocycles. The van der Waals surface area contributed by atoms with Gasteiger partial charge in [-0.15, -0.1) is 0 Å². The van der Waals surface area contributed by atoms with Crippen molar-refractivity contribution in [3.63, 3.8) is 0 Å². The van der Waals surface area contributed by atoms with E-state index in [1.54, 1.807) is 6.20 Å². The summed E-state index contributed by atoms with van der Waals surface area (Å²) in [5.74, 6) is 0.866. The van der Waals surface area contributed by atoms with E-state index in [4.69, 9.17) is 4.74 Å². The molecule has 2 heterocycles.